The molecule has 0 bridgehead atoms. The molecule has 1 aliphatic rings. The zero-order chi connectivity index (χ0) is 18.0. The largest absolute Gasteiger partial charge is 0.382 e. The third-order valence-corrected chi connectivity index (χ3v) is 3.48. The molecule has 6 heteroatoms. The Hall–Kier alpha value is -1.56. The minimum Gasteiger partial charge on any atom is -0.382 e. The van der Waals surface area contributed by atoms with Crippen molar-refractivity contribution >= 4 is 16.0 Å². The van der Waals surface area contributed by atoms with Crippen LogP contribution in [0.15, 0.2) is 18.2 Å². The lowest BCUT2D eigenvalue weighted by Gasteiger charge is -2.17. The van der Waals surface area contributed by atoms with E-state index in [9.17, 15) is 13.2 Å². The summed E-state index contributed by atoms with van der Waals surface area (Å²) < 4.78 is 27.4. The maximum absolute atomic E-state index is 12.4. The average Bonchev–Trinajstić information content (AvgIpc) is 3.05. The van der Waals surface area contributed by atoms with Crippen molar-refractivity contribution in [1.29, 1.82) is 0 Å². The summed E-state index contributed by atoms with van der Waals surface area (Å²) in [6.45, 7) is 11.3. The molecule has 1 fully saturated rings. The predicted octanol–water partition coefficient (Wildman–Crippen LogP) is 3.62. The molecule has 1 heterocycles. The highest BCUT2D eigenvalue weighted by atomic mass is 32.2. The van der Waals surface area contributed by atoms with Gasteiger partial charge in [-0.2, -0.15) is 8.42 Å². The molecule has 0 N–H and O–H groups in total. The fraction of sp³-hybridized carbons (Fsp3) is 0.588. The van der Waals surface area contributed by atoms with E-state index in [2.05, 4.69) is 0 Å². The minimum atomic E-state index is -3.64. The van der Waals surface area contributed by atoms with Crippen LogP contribution < -0.4 is 4.18 Å². The summed E-state index contributed by atoms with van der Waals surface area (Å²) in [6.07, 6.45) is 2.94. The lowest BCUT2D eigenvalue weighted by molar-refractivity contribution is 0.0791. The van der Waals surface area contributed by atoms with Crippen LogP contribution in [-0.4, -0.2) is 38.6 Å². The summed E-state index contributed by atoms with van der Waals surface area (Å²) in [5.41, 5.74) is 1.20. The molecule has 0 atom stereocenters. The number of aryl methyl sites for hydroxylation is 1. The normalized spacial score (nSPS) is 13.4. The number of carbonyl (C=O) groups is 1. The van der Waals surface area contributed by atoms with Gasteiger partial charge in [-0.3, -0.25) is 4.79 Å². The molecule has 0 radical (unpaired) electrons. The van der Waals surface area contributed by atoms with E-state index in [1.807, 2.05) is 34.6 Å². The van der Waals surface area contributed by atoms with E-state index in [0.717, 1.165) is 24.7 Å². The Morgan fingerprint density at radius 2 is 1.61 bits per heavy atom. The Morgan fingerprint density at radius 1 is 1.09 bits per heavy atom. The van der Waals surface area contributed by atoms with Crippen LogP contribution in [0.25, 0.3) is 0 Å². The van der Waals surface area contributed by atoms with Gasteiger partial charge in [0.15, 0.2) is 5.75 Å². The van der Waals surface area contributed by atoms with Crippen LogP contribution in [0, 0.1) is 6.92 Å². The molecule has 0 saturated carbocycles. The van der Waals surface area contributed by atoms with E-state index in [1.165, 1.54) is 6.07 Å². The van der Waals surface area contributed by atoms with Crippen LogP contribution in [0.2, 0.25) is 0 Å². The summed E-state index contributed by atoms with van der Waals surface area (Å²) >= 11 is 0. The average molecular weight is 343 g/mol. The van der Waals surface area contributed by atoms with E-state index < -0.39 is 10.1 Å². The van der Waals surface area contributed by atoms with Gasteiger partial charge in [-0.1, -0.05) is 39.3 Å². The summed E-state index contributed by atoms with van der Waals surface area (Å²) in [7, 11) is -3.64. The maximum Gasteiger partial charge on any atom is 0.306 e. The van der Waals surface area contributed by atoms with E-state index in [1.54, 1.807) is 17.0 Å². The van der Waals surface area contributed by atoms with Gasteiger partial charge in [0, 0.05) is 13.1 Å². The number of nitrogens with zero attached hydrogens (tertiary/aromatic N) is 1. The quantitative estimate of drug-likeness (QED) is 0.786. The molecule has 5 nitrogen and oxygen atoms in total. The van der Waals surface area contributed by atoms with Crippen molar-refractivity contribution < 1.29 is 17.4 Å². The van der Waals surface area contributed by atoms with Crippen LogP contribution in [0.1, 0.15) is 56.5 Å². The monoisotopic (exact) mass is 343 g/mol. The number of amides is 1. The number of rotatable bonds is 3. The van der Waals surface area contributed by atoms with E-state index in [4.69, 9.17) is 4.18 Å². The lowest BCUT2D eigenvalue weighted by atomic mass is 10.1. The number of carbonyl (C=O) groups excluding carboxylic acids is 1. The fourth-order valence-corrected chi connectivity index (χ4v) is 2.61. The number of hydrogen-bond acceptors (Lipinski definition) is 4. The van der Waals surface area contributed by atoms with Crippen molar-refractivity contribution in [2.45, 2.75) is 47.5 Å². The molecule has 0 spiro atoms. The van der Waals surface area contributed by atoms with Crippen molar-refractivity contribution in [3.05, 3.63) is 29.3 Å². The summed E-state index contributed by atoms with van der Waals surface area (Å²) in [5.74, 6) is -0.0650. The molecule has 1 saturated heterocycles. The van der Waals surface area contributed by atoms with E-state index in [-0.39, 0.29) is 11.7 Å². The van der Waals surface area contributed by atoms with Gasteiger partial charge in [-0.05, 0) is 31.9 Å². The lowest BCUT2D eigenvalue weighted by Crippen LogP contribution is -2.28. The van der Waals surface area contributed by atoms with Crippen LogP contribution in [0.5, 0.6) is 5.75 Å². The van der Waals surface area contributed by atoms with Gasteiger partial charge >= 0.3 is 10.1 Å². The molecule has 0 unspecified atom stereocenters. The Balaban J connectivity index is 0.00000112. The second kappa shape index (κ2) is 10.3. The summed E-state index contributed by atoms with van der Waals surface area (Å²) in [6, 6.07) is 4.92. The van der Waals surface area contributed by atoms with Crippen molar-refractivity contribution in [2.75, 3.05) is 19.3 Å². The molecule has 1 aliphatic heterocycles. The highest BCUT2D eigenvalue weighted by Crippen LogP contribution is 2.24. The molecular formula is C17H29NO4S. The molecule has 1 aromatic carbocycles. The van der Waals surface area contributed by atoms with Crippen LogP contribution >= 0.6 is 0 Å². The van der Waals surface area contributed by atoms with Crippen molar-refractivity contribution in [3.63, 3.8) is 0 Å². The van der Waals surface area contributed by atoms with Crippen molar-refractivity contribution in [3.8, 4) is 5.75 Å². The summed E-state index contributed by atoms with van der Waals surface area (Å²) in [5, 5.41) is 0. The van der Waals surface area contributed by atoms with Crippen LogP contribution in [0.4, 0.5) is 0 Å². The molecule has 2 rings (SSSR count). The third kappa shape index (κ3) is 7.03. The fourth-order valence-electron chi connectivity index (χ4n) is 2.14. The molecule has 0 aromatic heterocycles. The molecule has 0 aliphatic carbocycles. The first-order valence-corrected chi connectivity index (χ1v) is 9.98. The van der Waals surface area contributed by atoms with Gasteiger partial charge in [0.05, 0.1) is 11.8 Å². The molecule has 23 heavy (non-hydrogen) atoms. The Kier molecular flexibility index (Phi) is 9.56. The van der Waals surface area contributed by atoms with Gasteiger partial charge in [0.25, 0.3) is 5.91 Å². The molecule has 1 amide bonds. The smallest absolute Gasteiger partial charge is 0.306 e. The third-order valence-electron chi connectivity index (χ3n) is 3.00. The predicted molar refractivity (Wildman–Crippen MR) is 94.5 cm³/mol. The Morgan fingerprint density at radius 3 is 2.09 bits per heavy atom. The molecule has 132 valence electrons. The number of likely N-dealkylation sites (tertiary alicyclic amines) is 1. The Labute approximate surface area is 140 Å². The van der Waals surface area contributed by atoms with Crippen LogP contribution in [0.3, 0.4) is 0 Å². The van der Waals surface area contributed by atoms with Gasteiger partial charge in [-0.25, -0.2) is 0 Å². The maximum atomic E-state index is 12.4. The zero-order valence-corrected chi connectivity index (χ0v) is 15.9. The van der Waals surface area contributed by atoms with Gasteiger partial charge in [0.1, 0.15) is 0 Å². The summed E-state index contributed by atoms with van der Waals surface area (Å²) in [4.78, 5) is 14.1. The topological polar surface area (TPSA) is 63.7 Å². The SMILES string of the molecule is CC.CC.Cc1ccc(OS(C)(=O)=O)c(C(=O)N2CCCC2)c1. The van der Waals surface area contributed by atoms with E-state index >= 15 is 0 Å². The Bertz CT molecular complexity index is 591. The zero-order valence-electron chi connectivity index (χ0n) is 15.0. The van der Waals surface area contributed by atoms with Gasteiger partial charge < -0.3 is 9.08 Å². The molecular weight excluding hydrogens is 314 g/mol. The first kappa shape index (κ1) is 21.4. The second-order valence-corrected chi connectivity index (χ2v) is 6.36. The standard InChI is InChI=1S/C13H17NO4S.2C2H6/c1-10-5-6-12(18-19(2,16)17)11(9-10)13(15)14-7-3-4-8-14;2*1-2/h5-6,9H,3-4,7-8H2,1-2H3;2*1-2H3. The van der Waals surface area contributed by atoms with Gasteiger partial charge in [-0.15, -0.1) is 0 Å². The number of hydrogen-bond donors (Lipinski definition) is 0. The molecule has 1 aromatic rings. The highest BCUT2D eigenvalue weighted by molar-refractivity contribution is 7.86. The number of benzene rings is 1. The first-order chi connectivity index (χ1) is 10.9. The highest BCUT2D eigenvalue weighted by Gasteiger charge is 2.23. The second-order valence-electron chi connectivity index (χ2n) is 4.79. The van der Waals surface area contributed by atoms with Crippen LogP contribution in [-0.2, 0) is 10.1 Å². The first-order valence-electron chi connectivity index (χ1n) is 8.16. The van der Waals surface area contributed by atoms with E-state index in [0.29, 0.717) is 18.7 Å². The minimum absolute atomic E-state index is 0.102. The van der Waals surface area contributed by atoms with Crippen molar-refractivity contribution in [1.82, 2.24) is 4.90 Å². The van der Waals surface area contributed by atoms with Crippen molar-refractivity contribution in [2.24, 2.45) is 0 Å². The van der Waals surface area contributed by atoms with Gasteiger partial charge in [0.2, 0.25) is 0 Å².